The lowest BCUT2D eigenvalue weighted by Crippen LogP contribution is -2.37. The fourth-order valence-electron chi connectivity index (χ4n) is 1.55. The number of benzene rings is 1. The number of rotatable bonds is 3. The molecule has 0 aromatic heterocycles. The summed E-state index contributed by atoms with van der Waals surface area (Å²) < 4.78 is 0. The number of anilines is 1. The molecule has 0 saturated carbocycles. The van der Waals surface area contributed by atoms with Crippen LogP contribution in [0.3, 0.4) is 0 Å². The number of hydrazine groups is 1. The molecule has 1 aliphatic heterocycles. The van der Waals surface area contributed by atoms with E-state index in [0.29, 0.717) is 12.2 Å². The Morgan fingerprint density at radius 2 is 2.06 bits per heavy atom. The molecule has 0 spiro atoms. The van der Waals surface area contributed by atoms with Gasteiger partial charge < -0.3 is 10.7 Å². The fourth-order valence-corrected chi connectivity index (χ4v) is 1.55. The summed E-state index contributed by atoms with van der Waals surface area (Å²) in [5, 5.41) is 2.77. The van der Waals surface area contributed by atoms with Crippen LogP contribution in [0.5, 0.6) is 0 Å². The molecule has 0 bridgehead atoms. The van der Waals surface area contributed by atoms with Crippen LogP contribution in [-0.2, 0) is 4.79 Å². The third-order valence-corrected chi connectivity index (χ3v) is 2.50. The summed E-state index contributed by atoms with van der Waals surface area (Å²) in [6, 6.07) is 7.91. The van der Waals surface area contributed by atoms with Crippen molar-refractivity contribution in [2.24, 2.45) is 0 Å². The molecule has 4 heteroatoms. The summed E-state index contributed by atoms with van der Waals surface area (Å²) in [6.45, 7) is 2.73. The second-order valence-electron chi connectivity index (χ2n) is 3.73. The van der Waals surface area contributed by atoms with Crippen molar-refractivity contribution in [3.8, 4) is 0 Å². The van der Waals surface area contributed by atoms with Gasteiger partial charge in [0.1, 0.15) is 5.70 Å². The van der Waals surface area contributed by atoms with E-state index < -0.39 is 0 Å². The molecular weight excluding hydrogens is 202 g/mol. The molecule has 0 saturated heterocycles. The second-order valence-corrected chi connectivity index (χ2v) is 3.73. The monoisotopic (exact) mass is 217 g/mol. The van der Waals surface area contributed by atoms with Crippen molar-refractivity contribution < 1.29 is 4.79 Å². The Labute approximate surface area is 94.7 Å². The number of nitrogens with one attached hydrogen (secondary N) is 3. The maximum Gasteiger partial charge on any atom is 0.268 e. The number of hydrogen-bond acceptors (Lipinski definition) is 3. The normalized spacial score (nSPS) is 15.1. The standard InChI is InChI=1S/C12H15N3O/c1-9-5-2-3-6-10(9)14-15-11-7-4-8-13-12(11)16/h2-3,5-7,14-15H,4,8H2,1H3,(H,13,16). The molecule has 1 heterocycles. The Bertz CT molecular complexity index is 426. The van der Waals surface area contributed by atoms with Gasteiger partial charge in [-0.15, -0.1) is 0 Å². The highest BCUT2D eigenvalue weighted by atomic mass is 16.2. The van der Waals surface area contributed by atoms with Gasteiger partial charge in [-0.2, -0.15) is 0 Å². The average molecular weight is 217 g/mol. The zero-order chi connectivity index (χ0) is 11.4. The van der Waals surface area contributed by atoms with Crippen LogP contribution in [0.1, 0.15) is 12.0 Å². The number of carbonyl (C=O) groups excluding carboxylic acids is 1. The Hall–Kier alpha value is -1.97. The van der Waals surface area contributed by atoms with E-state index in [-0.39, 0.29) is 5.91 Å². The van der Waals surface area contributed by atoms with Gasteiger partial charge in [-0.25, -0.2) is 0 Å². The quantitative estimate of drug-likeness (QED) is 0.669. The minimum absolute atomic E-state index is 0.0627. The highest BCUT2D eigenvalue weighted by Crippen LogP contribution is 2.12. The van der Waals surface area contributed by atoms with Crippen LogP contribution in [-0.4, -0.2) is 12.5 Å². The Balaban J connectivity index is 2.00. The molecule has 0 aliphatic carbocycles. The molecule has 2 rings (SSSR count). The first kappa shape index (κ1) is 10.5. The van der Waals surface area contributed by atoms with Crippen molar-refractivity contribution in [1.82, 2.24) is 10.7 Å². The first-order valence-corrected chi connectivity index (χ1v) is 5.33. The maximum atomic E-state index is 11.4. The van der Waals surface area contributed by atoms with Gasteiger partial charge in [-0.3, -0.25) is 10.2 Å². The highest BCUT2D eigenvalue weighted by Gasteiger charge is 2.11. The molecule has 1 aromatic rings. The van der Waals surface area contributed by atoms with E-state index >= 15 is 0 Å². The predicted molar refractivity (Wildman–Crippen MR) is 63.6 cm³/mol. The van der Waals surface area contributed by atoms with Crippen molar-refractivity contribution in [3.05, 3.63) is 41.6 Å². The summed E-state index contributed by atoms with van der Waals surface area (Å²) in [5.41, 5.74) is 8.64. The minimum atomic E-state index is -0.0627. The third-order valence-electron chi connectivity index (χ3n) is 2.50. The van der Waals surface area contributed by atoms with Crippen molar-refractivity contribution in [3.63, 3.8) is 0 Å². The lowest BCUT2D eigenvalue weighted by atomic mass is 10.2. The second kappa shape index (κ2) is 4.70. The van der Waals surface area contributed by atoms with E-state index in [0.717, 1.165) is 17.7 Å². The Morgan fingerprint density at radius 1 is 1.25 bits per heavy atom. The van der Waals surface area contributed by atoms with Gasteiger partial charge in [0.05, 0.1) is 5.69 Å². The van der Waals surface area contributed by atoms with Crippen molar-refractivity contribution in [2.75, 3.05) is 12.0 Å². The molecular formula is C12H15N3O. The van der Waals surface area contributed by atoms with Crippen LogP contribution < -0.4 is 16.2 Å². The van der Waals surface area contributed by atoms with Gasteiger partial charge in [-0.1, -0.05) is 24.3 Å². The molecule has 1 aromatic carbocycles. The molecule has 84 valence electrons. The number of carbonyl (C=O) groups is 1. The summed E-state index contributed by atoms with van der Waals surface area (Å²) in [6.07, 6.45) is 2.76. The summed E-state index contributed by atoms with van der Waals surface area (Å²) in [4.78, 5) is 11.4. The average Bonchev–Trinajstić information content (AvgIpc) is 2.30. The van der Waals surface area contributed by atoms with Crippen LogP contribution in [0.4, 0.5) is 5.69 Å². The van der Waals surface area contributed by atoms with Gasteiger partial charge in [0.15, 0.2) is 0 Å². The lowest BCUT2D eigenvalue weighted by molar-refractivity contribution is -0.118. The predicted octanol–water partition coefficient (Wildman–Crippen LogP) is 1.32. The number of aryl methyl sites for hydroxylation is 1. The summed E-state index contributed by atoms with van der Waals surface area (Å²) in [5.74, 6) is -0.0627. The molecule has 0 atom stereocenters. The van der Waals surface area contributed by atoms with E-state index in [4.69, 9.17) is 0 Å². The van der Waals surface area contributed by atoms with E-state index in [1.165, 1.54) is 0 Å². The molecule has 0 unspecified atom stereocenters. The number of para-hydroxylation sites is 1. The zero-order valence-electron chi connectivity index (χ0n) is 9.21. The van der Waals surface area contributed by atoms with Crippen LogP contribution in [0.25, 0.3) is 0 Å². The van der Waals surface area contributed by atoms with Crippen LogP contribution in [0, 0.1) is 6.92 Å². The van der Waals surface area contributed by atoms with Crippen LogP contribution in [0.2, 0.25) is 0 Å². The molecule has 16 heavy (non-hydrogen) atoms. The molecule has 0 fully saturated rings. The Morgan fingerprint density at radius 3 is 2.81 bits per heavy atom. The highest BCUT2D eigenvalue weighted by molar-refractivity contribution is 5.93. The molecule has 4 nitrogen and oxygen atoms in total. The first-order chi connectivity index (χ1) is 7.77. The van der Waals surface area contributed by atoms with Gasteiger partial charge in [0.25, 0.3) is 5.91 Å². The van der Waals surface area contributed by atoms with Crippen LogP contribution >= 0.6 is 0 Å². The topological polar surface area (TPSA) is 53.2 Å². The van der Waals surface area contributed by atoms with Gasteiger partial charge in [0.2, 0.25) is 0 Å². The largest absolute Gasteiger partial charge is 0.350 e. The first-order valence-electron chi connectivity index (χ1n) is 5.33. The lowest BCUT2D eigenvalue weighted by Gasteiger charge is -2.17. The fraction of sp³-hybridized carbons (Fsp3) is 0.250. The van der Waals surface area contributed by atoms with Gasteiger partial charge in [-0.05, 0) is 25.0 Å². The van der Waals surface area contributed by atoms with E-state index in [9.17, 15) is 4.79 Å². The summed E-state index contributed by atoms with van der Waals surface area (Å²) >= 11 is 0. The van der Waals surface area contributed by atoms with Crippen LogP contribution in [0.15, 0.2) is 36.0 Å². The van der Waals surface area contributed by atoms with E-state index in [1.54, 1.807) is 0 Å². The Kier molecular flexibility index (Phi) is 3.10. The van der Waals surface area contributed by atoms with E-state index in [2.05, 4.69) is 16.2 Å². The van der Waals surface area contributed by atoms with E-state index in [1.807, 2.05) is 37.3 Å². The van der Waals surface area contributed by atoms with Gasteiger partial charge in [0, 0.05) is 6.54 Å². The number of amides is 1. The van der Waals surface area contributed by atoms with Gasteiger partial charge >= 0.3 is 0 Å². The minimum Gasteiger partial charge on any atom is -0.350 e. The SMILES string of the molecule is Cc1ccccc1NNC1=CCCNC1=O. The van der Waals surface area contributed by atoms with Crippen molar-refractivity contribution >= 4 is 11.6 Å². The molecule has 1 amide bonds. The molecule has 1 aliphatic rings. The zero-order valence-corrected chi connectivity index (χ0v) is 9.21. The maximum absolute atomic E-state index is 11.4. The number of hydrogen-bond donors (Lipinski definition) is 3. The van der Waals surface area contributed by atoms with Crippen molar-refractivity contribution in [1.29, 1.82) is 0 Å². The molecule has 0 radical (unpaired) electrons. The summed E-state index contributed by atoms with van der Waals surface area (Å²) in [7, 11) is 0. The van der Waals surface area contributed by atoms with Crippen molar-refractivity contribution in [2.45, 2.75) is 13.3 Å². The smallest absolute Gasteiger partial charge is 0.268 e. The molecule has 3 N–H and O–H groups in total. The third kappa shape index (κ3) is 2.34.